The molecule has 0 saturated carbocycles. The number of carbonyl (C=O) groups is 2. The van der Waals surface area contributed by atoms with Crippen LogP contribution in [-0.2, 0) is 4.79 Å². The molecule has 3 rings (SSSR count). The first-order valence-electron chi connectivity index (χ1n) is 5.08. The predicted octanol–water partition coefficient (Wildman–Crippen LogP) is 1.91. The first kappa shape index (κ1) is 10.5. The number of fused-ring (bicyclic) bond motifs is 2. The quantitative estimate of drug-likeness (QED) is 0.729. The first-order valence-corrected chi connectivity index (χ1v) is 6.97. The van der Waals surface area contributed by atoms with E-state index in [2.05, 4.69) is 27.9 Å². The van der Waals surface area contributed by atoms with Crippen molar-refractivity contribution >= 4 is 50.7 Å². The van der Waals surface area contributed by atoms with Gasteiger partial charge in [0.15, 0.2) is 0 Å². The number of nitrogens with zero attached hydrogens (tertiary/aromatic N) is 1. The van der Waals surface area contributed by atoms with E-state index in [4.69, 9.17) is 0 Å². The largest absolute Gasteiger partial charge is 0.327 e. The van der Waals surface area contributed by atoms with Crippen LogP contribution in [0.2, 0.25) is 0 Å². The van der Waals surface area contributed by atoms with Crippen LogP contribution in [0, 0.1) is 2.88 Å². The topological polar surface area (TPSA) is 49.4 Å². The van der Waals surface area contributed by atoms with Gasteiger partial charge in [-0.15, -0.1) is 11.3 Å². The van der Waals surface area contributed by atoms with Crippen LogP contribution >= 0.6 is 33.9 Å². The summed E-state index contributed by atoms with van der Waals surface area (Å²) >= 11 is 3.62. The molecule has 84 valence electrons. The summed E-state index contributed by atoms with van der Waals surface area (Å²) in [6, 6.07) is 1.59. The zero-order chi connectivity index (χ0) is 11.3. The van der Waals surface area contributed by atoms with Gasteiger partial charge < -0.3 is 10.2 Å². The zero-order valence-electron chi connectivity index (χ0n) is 8.33. The van der Waals surface area contributed by atoms with Gasteiger partial charge in [-0.2, -0.15) is 0 Å². The van der Waals surface area contributed by atoms with E-state index >= 15 is 0 Å². The molecule has 6 heteroatoms. The summed E-state index contributed by atoms with van der Waals surface area (Å²) in [5, 5.41) is 3.56. The van der Waals surface area contributed by atoms with Gasteiger partial charge in [0, 0.05) is 6.54 Å². The van der Waals surface area contributed by atoms with Crippen molar-refractivity contribution in [2.24, 2.45) is 0 Å². The Bertz CT molecular complexity index is 485. The van der Waals surface area contributed by atoms with E-state index in [1.165, 1.54) is 11.3 Å². The second-order valence-corrected chi connectivity index (χ2v) is 6.89. The second kappa shape index (κ2) is 3.69. The highest BCUT2D eigenvalue weighted by Gasteiger charge is 2.39. The molecule has 1 atom stereocenters. The Hall–Kier alpha value is -0.630. The van der Waals surface area contributed by atoms with Crippen LogP contribution < -0.4 is 5.32 Å². The van der Waals surface area contributed by atoms with Gasteiger partial charge in [-0.25, -0.2) is 0 Å². The van der Waals surface area contributed by atoms with Gasteiger partial charge in [0.25, 0.3) is 5.91 Å². The van der Waals surface area contributed by atoms with Crippen LogP contribution in [0.1, 0.15) is 23.2 Å². The minimum absolute atomic E-state index is 0.00461. The number of hydrogen-bond acceptors (Lipinski definition) is 3. The fourth-order valence-electron chi connectivity index (χ4n) is 2.24. The molecule has 1 saturated heterocycles. The maximum absolute atomic E-state index is 12.2. The van der Waals surface area contributed by atoms with Crippen molar-refractivity contribution in [3.63, 3.8) is 0 Å². The molecule has 2 amide bonds. The Labute approximate surface area is 110 Å². The molecule has 0 radical (unpaired) electrons. The SMILES string of the molecule is O=C1Nc2sc(I)cc2C(=O)N2CCC[C@H]12. The second-order valence-electron chi connectivity index (χ2n) is 3.94. The Morgan fingerprint density at radius 3 is 3.12 bits per heavy atom. The minimum atomic E-state index is -0.259. The van der Waals surface area contributed by atoms with Crippen molar-refractivity contribution in [1.82, 2.24) is 4.90 Å². The molecular formula is C10H9IN2O2S. The Kier molecular flexibility index (Phi) is 2.43. The van der Waals surface area contributed by atoms with Gasteiger partial charge in [-0.3, -0.25) is 9.59 Å². The molecule has 0 bridgehead atoms. The third-order valence-corrected chi connectivity index (χ3v) is 4.80. The molecule has 4 nitrogen and oxygen atoms in total. The summed E-state index contributed by atoms with van der Waals surface area (Å²) in [5.41, 5.74) is 0.646. The number of rotatable bonds is 0. The third-order valence-electron chi connectivity index (χ3n) is 2.99. The molecule has 0 aliphatic carbocycles. The maximum atomic E-state index is 12.2. The average molecular weight is 348 g/mol. The molecule has 3 heterocycles. The van der Waals surface area contributed by atoms with E-state index < -0.39 is 0 Å². The lowest BCUT2D eigenvalue weighted by Gasteiger charge is -2.19. The molecule has 1 N–H and O–H groups in total. The third kappa shape index (κ3) is 1.46. The highest BCUT2D eigenvalue weighted by Crippen LogP contribution is 2.35. The van der Waals surface area contributed by atoms with Crippen LogP contribution in [0.25, 0.3) is 0 Å². The van der Waals surface area contributed by atoms with Gasteiger partial charge in [-0.05, 0) is 41.5 Å². The van der Waals surface area contributed by atoms with E-state index in [-0.39, 0.29) is 17.9 Å². The molecule has 2 aliphatic rings. The van der Waals surface area contributed by atoms with E-state index in [1.807, 2.05) is 6.07 Å². The van der Waals surface area contributed by atoms with Crippen molar-refractivity contribution in [2.75, 3.05) is 11.9 Å². The molecule has 1 fully saturated rings. The van der Waals surface area contributed by atoms with Crippen molar-refractivity contribution < 1.29 is 9.59 Å². The highest BCUT2D eigenvalue weighted by atomic mass is 127. The maximum Gasteiger partial charge on any atom is 0.257 e. The summed E-state index contributed by atoms with van der Waals surface area (Å²) in [5.74, 6) is -0.0436. The van der Waals surface area contributed by atoms with Crippen molar-refractivity contribution in [3.05, 3.63) is 14.5 Å². The first-order chi connectivity index (χ1) is 7.66. The number of amides is 2. The summed E-state index contributed by atoms with van der Waals surface area (Å²) < 4.78 is 1.02. The summed E-state index contributed by atoms with van der Waals surface area (Å²) in [4.78, 5) is 25.8. The van der Waals surface area contributed by atoms with Crippen LogP contribution in [0.15, 0.2) is 6.07 Å². The van der Waals surface area contributed by atoms with E-state index in [9.17, 15) is 9.59 Å². The normalized spacial score (nSPS) is 23.8. The van der Waals surface area contributed by atoms with Gasteiger partial charge >= 0.3 is 0 Å². The molecule has 1 aromatic rings. The molecule has 16 heavy (non-hydrogen) atoms. The number of thiophene rings is 1. The predicted molar refractivity (Wildman–Crippen MR) is 69.7 cm³/mol. The molecule has 0 aromatic carbocycles. The number of nitrogens with one attached hydrogen (secondary N) is 1. The minimum Gasteiger partial charge on any atom is -0.327 e. The molecule has 0 spiro atoms. The Morgan fingerprint density at radius 2 is 2.31 bits per heavy atom. The number of hydrogen-bond donors (Lipinski definition) is 1. The lowest BCUT2D eigenvalue weighted by atomic mass is 10.2. The Morgan fingerprint density at radius 1 is 1.50 bits per heavy atom. The van der Waals surface area contributed by atoms with Gasteiger partial charge in [0.2, 0.25) is 5.91 Å². The van der Waals surface area contributed by atoms with Crippen LogP contribution in [0.3, 0.4) is 0 Å². The van der Waals surface area contributed by atoms with Gasteiger partial charge in [0.05, 0.1) is 8.45 Å². The van der Waals surface area contributed by atoms with Crippen molar-refractivity contribution in [1.29, 1.82) is 0 Å². The van der Waals surface area contributed by atoms with Crippen LogP contribution in [0.5, 0.6) is 0 Å². The molecule has 2 aliphatic heterocycles. The van der Waals surface area contributed by atoms with Crippen molar-refractivity contribution in [2.45, 2.75) is 18.9 Å². The highest BCUT2D eigenvalue weighted by molar-refractivity contribution is 14.1. The number of anilines is 1. The Balaban J connectivity index is 2.10. The molecule has 0 unspecified atom stereocenters. The average Bonchev–Trinajstić information content (AvgIpc) is 2.81. The lowest BCUT2D eigenvalue weighted by molar-refractivity contribution is -0.119. The van der Waals surface area contributed by atoms with Gasteiger partial charge in [0.1, 0.15) is 11.0 Å². The number of carbonyl (C=O) groups excluding carboxylic acids is 2. The van der Waals surface area contributed by atoms with Gasteiger partial charge in [-0.1, -0.05) is 0 Å². The number of halogens is 1. The standard InChI is InChI=1S/C10H9IN2O2S/c11-7-4-5-9(16-7)12-8(14)6-2-1-3-13(6)10(5)15/h4,6H,1-3H2,(H,12,14)/t6-/m1/s1. The summed E-state index contributed by atoms with van der Waals surface area (Å²) in [6.07, 6.45) is 1.70. The smallest absolute Gasteiger partial charge is 0.257 e. The van der Waals surface area contributed by atoms with E-state index in [0.29, 0.717) is 17.1 Å². The van der Waals surface area contributed by atoms with E-state index in [0.717, 1.165) is 15.7 Å². The summed E-state index contributed by atoms with van der Waals surface area (Å²) in [7, 11) is 0. The monoisotopic (exact) mass is 348 g/mol. The fourth-order valence-corrected chi connectivity index (χ4v) is 4.00. The molecule has 1 aromatic heterocycles. The lowest BCUT2D eigenvalue weighted by Crippen LogP contribution is -2.40. The summed E-state index contributed by atoms with van der Waals surface area (Å²) in [6.45, 7) is 0.697. The molecular weight excluding hydrogens is 339 g/mol. The van der Waals surface area contributed by atoms with Crippen LogP contribution in [0.4, 0.5) is 5.00 Å². The zero-order valence-corrected chi connectivity index (χ0v) is 11.3. The van der Waals surface area contributed by atoms with Crippen molar-refractivity contribution in [3.8, 4) is 0 Å². The fraction of sp³-hybridized carbons (Fsp3) is 0.400. The van der Waals surface area contributed by atoms with Crippen LogP contribution in [-0.4, -0.2) is 29.3 Å². The van der Waals surface area contributed by atoms with E-state index in [1.54, 1.807) is 4.90 Å².